The summed E-state index contributed by atoms with van der Waals surface area (Å²) in [6, 6.07) is 4.76. The number of benzene rings is 1. The lowest BCUT2D eigenvalue weighted by Gasteiger charge is -2.01. The van der Waals surface area contributed by atoms with Crippen LogP contribution >= 0.6 is 27.5 Å². The normalized spacial score (nSPS) is 10.6. The monoisotopic (exact) mass is 289 g/mol. The molecule has 2 rings (SSSR count). The van der Waals surface area contributed by atoms with Crippen LogP contribution in [0.1, 0.15) is 5.69 Å². The van der Waals surface area contributed by atoms with Gasteiger partial charge in [-0.05, 0) is 12.1 Å². The number of hydrogen-bond donors (Lipinski definition) is 0. The van der Waals surface area contributed by atoms with E-state index in [0.717, 1.165) is 0 Å². The zero-order valence-electron chi connectivity index (χ0n) is 7.51. The van der Waals surface area contributed by atoms with Crippen molar-refractivity contribution in [2.45, 2.75) is 5.33 Å². The lowest BCUT2D eigenvalue weighted by Crippen LogP contribution is -1.87. The molecule has 5 heteroatoms. The van der Waals surface area contributed by atoms with E-state index >= 15 is 0 Å². The van der Waals surface area contributed by atoms with Gasteiger partial charge in [-0.25, -0.2) is 9.37 Å². The molecule has 1 aromatic carbocycles. The van der Waals surface area contributed by atoms with E-state index < -0.39 is 5.82 Å². The molecule has 0 bridgehead atoms. The third-order valence-electron chi connectivity index (χ3n) is 1.96. The van der Waals surface area contributed by atoms with Crippen LogP contribution in [-0.2, 0) is 5.33 Å². The molecule has 0 saturated carbocycles. The van der Waals surface area contributed by atoms with Crippen LogP contribution in [0.3, 0.4) is 0 Å². The van der Waals surface area contributed by atoms with E-state index in [-0.39, 0.29) is 5.02 Å². The van der Waals surface area contributed by atoms with Gasteiger partial charge < -0.3 is 4.42 Å². The molecule has 0 saturated heterocycles. The molecule has 0 aliphatic heterocycles. The van der Waals surface area contributed by atoms with Gasteiger partial charge in [0.1, 0.15) is 0 Å². The second kappa shape index (κ2) is 4.33. The molecule has 0 spiro atoms. The number of oxazole rings is 1. The number of alkyl halides is 1. The van der Waals surface area contributed by atoms with Crippen molar-refractivity contribution in [3.8, 4) is 11.3 Å². The van der Waals surface area contributed by atoms with Crippen molar-refractivity contribution in [3.05, 3.63) is 41.1 Å². The van der Waals surface area contributed by atoms with E-state index in [1.807, 2.05) is 0 Å². The number of hydrogen-bond acceptors (Lipinski definition) is 2. The highest BCUT2D eigenvalue weighted by Crippen LogP contribution is 2.30. The summed E-state index contributed by atoms with van der Waals surface area (Å²) in [6.07, 6.45) is 1.28. The molecule has 0 radical (unpaired) electrons. The lowest BCUT2D eigenvalue weighted by molar-refractivity contribution is 0.561. The van der Waals surface area contributed by atoms with Crippen LogP contribution in [0.5, 0.6) is 0 Å². The van der Waals surface area contributed by atoms with Gasteiger partial charge in [0, 0.05) is 5.33 Å². The molecular formula is C10H6BrClFNO. The van der Waals surface area contributed by atoms with Crippen LogP contribution in [0.2, 0.25) is 5.02 Å². The lowest BCUT2D eigenvalue weighted by atomic mass is 10.1. The van der Waals surface area contributed by atoms with E-state index in [1.165, 1.54) is 12.5 Å². The average molecular weight is 291 g/mol. The zero-order chi connectivity index (χ0) is 10.8. The van der Waals surface area contributed by atoms with Gasteiger partial charge in [-0.1, -0.05) is 33.6 Å². The second-order valence-corrected chi connectivity index (χ2v) is 3.83. The SMILES string of the molecule is Fc1c(Cl)cccc1-c1ocnc1CBr. The fourth-order valence-corrected chi connectivity index (χ4v) is 1.84. The van der Waals surface area contributed by atoms with Crippen molar-refractivity contribution >= 4 is 27.5 Å². The van der Waals surface area contributed by atoms with Crippen molar-refractivity contribution in [1.29, 1.82) is 0 Å². The molecule has 0 aliphatic rings. The number of aromatic nitrogens is 1. The first kappa shape index (κ1) is 10.6. The molecule has 2 aromatic rings. The van der Waals surface area contributed by atoms with E-state index in [0.29, 0.717) is 22.3 Å². The number of halogens is 3. The summed E-state index contributed by atoms with van der Waals surface area (Å²) in [5.74, 6) is -0.0787. The first-order valence-corrected chi connectivity index (χ1v) is 5.66. The zero-order valence-corrected chi connectivity index (χ0v) is 9.85. The highest BCUT2D eigenvalue weighted by molar-refractivity contribution is 9.08. The fraction of sp³-hybridized carbons (Fsp3) is 0.100. The van der Waals surface area contributed by atoms with E-state index in [9.17, 15) is 4.39 Å². The number of rotatable bonds is 2. The molecule has 0 unspecified atom stereocenters. The van der Waals surface area contributed by atoms with Gasteiger partial charge in [-0.15, -0.1) is 0 Å². The molecule has 0 fully saturated rings. The Morgan fingerprint density at radius 2 is 2.27 bits per heavy atom. The van der Waals surface area contributed by atoms with Gasteiger partial charge >= 0.3 is 0 Å². The van der Waals surface area contributed by atoms with Crippen LogP contribution in [0.25, 0.3) is 11.3 Å². The van der Waals surface area contributed by atoms with Crippen LogP contribution < -0.4 is 0 Å². The Balaban J connectivity index is 2.59. The quantitative estimate of drug-likeness (QED) is 0.781. The predicted octanol–water partition coefficient (Wildman–Crippen LogP) is 4.03. The topological polar surface area (TPSA) is 26.0 Å². The van der Waals surface area contributed by atoms with Gasteiger partial charge in [0.15, 0.2) is 18.0 Å². The molecule has 2 nitrogen and oxygen atoms in total. The molecule has 0 atom stereocenters. The summed E-state index contributed by atoms with van der Waals surface area (Å²) < 4.78 is 18.8. The number of nitrogens with zero attached hydrogens (tertiary/aromatic N) is 1. The Hall–Kier alpha value is -0.870. The summed E-state index contributed by atoms with van der Waals surface area (Å²) in [7, 11) is 0. The maximum absolute atomic E-state index is 13.6. The molecule has 15 heavy (non-hydrogen) atoms. The van der Waals surface area contributed by atoms with E-state index in [1.54, 1.807) is 12.1 Å². The Bertz CT molecular complexity index is 486. The van der Waals surface area contributed by atoms with Crippen LogP contribution in [0, 0.1) is 5.82 Å². The first-order valence-electron chi connectivity index (χ1n) is 4.16. The molecule has 1 aromatic heterocycles. The van der Waals surface area contributed by atoms with Crippen molar-refractivity contribution in [2.75, 3.05) is 0 Å². The largest absolute Gasteiger partial charge is 0.443 e. The van der Waals surface area contributed by atoms with Gasteiger partial charge in [0.25, 0.3) is 0 Å². The minimum atomic E-state index is -0.488. The van der Waals surface area contributed by atoms with Gasteiger partial charge in [-0.3, -0.25) is 0 Å². The van der Waals surface area contributed by atoms with Crippen molar-refractivity contribution in [3.63, 3.8) is 0 Å². The average Bonchev–Trinajstić information content (AvgIpc) is 2.70. The molecule has 0 N–H and O–H groups in total. The Morgan fingerprint density at radius 1 is 1.47 bits per heavy atom. The smallest absolute Gasteiger partial charge is 0.181 e. The summed E-state index contributed by atoms with van der Waals surface area (Å²) in [4.78, 5) is 3.96. The highest BCUT2D eigenvalue weighted by Gasteiger charge is 2.15. The van der Waals surface area contributed by atoms with E-state index in [4.69, 9.17) is 16.0 Å². The third-order valence-corrected chi connectivity index (χ3v) is 2.79. The highest BCUT2D eigenvalue weighted by atomic mass is 79.9. The van der Waals surface area contributed by atoms with Gasteiger partial charge in [0.2, 0.25) is 0 Å². The van der Waals surface area contributed by atoms with Crippen LogP contribution in [0.15, 0.2) is 29.0 Å². The third kappa shape index (κ3) is 1.92. The van der Waals surface area contributed by atoms with Crippen molar-refractivity contribution in [1.82, 2.24) is 4.98 Å². The maximum Gasteiger partial charge on any atom is 0.181 e. The summed E-state index contributed by atoms with van der Waals surface area (Å²) >= 11 is 8.93. The Labute approximate surface area is 99.2 Å². The van der Waals surface area contributed by atoms with E-state index in [2.05, 4.69) is 20.9 Å². The van der Waals surface area contributed by atoms with Crippen LogP contribution in [-0.4, -0.2) is 4.98 Å². The van der Waals surface area contributed by atoms with Gasteiger partial charge in [0.05, 0.1) is 16.3 Å². The van der Waals surface area contributed by atoms with Crippen molar-refractivity contribution in [2.24, 2.45) is 0 Å². The minimum absolute atomic E-state index is 0.0735. The standard InChI is InChI=1S/C10H6BrClFNO/c11-4-8-10(15-5-14-8)6-2-1-3-7(12)9(6)13/h1-3,5H,4H2. The first-order chi connectivity index (χ1) is 7.24. The molecule has 1 heterocycles. The molecular weight excluding hydrogens is 284 g/mol. The van der Waals surface area contributed by atoms with Crippen LogP contribution in [0.4, 0.5) is 4.39 Å². The van der Waals surface area contributed by atoms with Gasteiger partial charge in [-0.2, -0.15) is 0 Å². The summed E-state index contributed by atoms with van der Waals surface area (Å²) in [5, 5.41) is 0.578. The second-order valence-electron chi connectivity index (χ2n) is 2.86. The molecule has 0 amide bonds. The Kier molecular flexibility index (Phi) is 3.07. The molecule has 78 valence electrons. The summed E-state index contributed by atoms with van der Waals surface area (Å²) in [5.41, 5.74) is 0.977. The van der Waals surface area contributed by atoms with Crippen molar-refractivity contribution < 1.29 is 8.81 Å². The Morgan fingerprint density at radius 3 is 3.00 bits per heavy atom. The predicted molar refractivity (Wildman–Crippen MR) is 59.5 cm³/mol. The minimum Gasteiger partial charge on any atom is -0.443 e. The maximum atomic E-state index is 13.6. The summed E-state index contributed by atoms with van der Waals surface area (Å²) in [6.45, 7) is 0. The molecule has 0 aliphatic carbocycles. The fourth-order valence-electron chi connectivity index (χ4n) is 1.26.